The lowest BCUT2D eigenvalue weighted by Gasteiger charge is -2.40. The molecule has 0 bridgehead atoms. The van der Waals surface area contributed by atoms with Gasteiger partial charge in [-0.1, -0.05) is 0 Å². The maximum absolute atomic E-state index is 11.6. The van der Waals surface area contributed by atoms with E-state index in [1.54, 1.807) is 7.11 Å². The molecule has 2 N–H and O–H groups in total. The van der Waals surface area contributed by atoms with Crippen molar-refractivity contribution in [1.82, 2.24) is 10.6 Å². The van der Waals surface area contributed by atoms with E-state index in [0.29, 0.717) is 13.2 Å². The van der Waals surface area contributed by atoms with Crippen LogP contribution < -0.4 is 10.6 Å². The summed E-state index contributed by atoms with van der Waals surface area (Å²) in [6.45, 7) is 1.97. The van der Waals surface area contributed by atoms with E-state index in [-0.39, 0.29) is 17.7 Å². The molecule has 2 amide bonds. The quantitative estimate of drug-likeness (QED) is 0.742. The van der Waals surface area contributed by atoms with Crippen molar-refractivity contribution in [2.45, 2.75) is 37.3 Å². The van der Waals surface area contributed by atoms with Crippen molar-refractivity contribution in [3.05, 3.63) is 0 Å². The average molecular weight is 228 g/mol. The van der Waals surface area contributed by atoms with Gasteiger partial charge < -0.3 is 20.1 Å². The summed E-state index contributed by atoms with van der Waals surface area (Å²) >= 11 is 0. The molecule has 0 aromatic rings. The van der Waals surface area contributed by atoms with E-state index in [2.05, 4.69) is 10.6 Å². The Kier molecular flexibility index (Phi) is 3.66. The van der Waals surface area contributed by atoms with Gasteiger partial charge in [0.15, 0.2) is 0 Å². The highest BCUT2D eigenvalue weighted by Gasteiger charge is 2.37. The number of methoxy groups -OCH3 is 1. The second-order valence-electron chi connectivity index (χ2n) is 4.63. The molecule has 2 aliphatic rings. The Morgan fingerprint density at radius 2 is 2.38 bits per heavy atom. The Hall–Kier alpha value is -0.810. The van der Waals surface area contributed by atoms with Crippen molar-refractivity contribution < 1.29 is 14.3 Å². The highest BCUT2D eigenvalue weighted by molar-refractivity contribution is 5.74. The van der Waals surface area contributed by atoms with E-state index in [1.807, 2.05) is 0 Å². The number of carbonyl (C=O) groups excluding carboxylic acids is 1. The molecule has 2 fully saturated rings. The predicted molar refractivity (Wildman–Crippen MR) is 59.3 cm³/mol. The second kappa shape index (κ2) is 5.01. The lowest BCUT2D eigenvalue weighted by Crippen LogP contribution is -2.52. The van der Waals surface area contributed by atoms with Crippen LogP contribution in [0.3, 0.4) is 0 Å². The number of nitrogens with one attached hydrogen (secondary N) is 2. The predicted octanol–water partition coefficient (Wildman–Crippen LogP) is 0.644. The van der Waals surface area contributed by atoms with Crippen molar-refractivity contribution in [2.24, 2.45) is 0 Å². The standard InChI is InChI=1S/C11H20N2O3/c1-15-11(4-2-5-11)8-12-10(14)13-9-3-6-16-7-9/h9H,2-8H2,1H3,(H2,12,13,14). The van der Waals surface area contributed by atoms with E-state index < -0.39 is 0 Å². The zero-order valence-electron chi connectivity index (χ0n) is 9.75. The summed E-state index contributed by atoms with van der Waals surface area (Å²) in [5.74, 6) is 0. The molecule has 2 rings (SSSR count). The van der Waals surface area contributed by atoms with Crippen LogP contribution in [0.5, 0.6) is 0 Å². The molecular weight excluding hydrogens is 208 g/mol. The highest BCUT2D eigenvalue weighted by atomic mass is 16.5. The monoisotopic (exact) mass is 228 g/mol. The maximum Gasteiger partial charge on any atom is 0.315 e. The fraction of sp³-hybridized carbons (Fsp3) is 0.909. The average Bonchev–Trinajstić information content (AvgIpc) is 2.69. The summed E-state index contributed by atoms with van der Waals surface area (Å²) in [4.78, 5) is 11.6. The number of rotatable bonds is 4. The molecule has 1 aliphatic heterocycles. The number of carbonyl (C=O) groups is 1. The Morgan fingerprint density at radius 3 is 2.88 bits per heavy atom. The number of urea groups is 1. The van der Waals surface area contributed by atoms with E-state index in [9.17, 15) is 4.79 Å². The Balaban J connectivity index is 1.66. The zero-order valence-corrected chi connectivity index (χ0v) is 9.75. The first kappa shape index (κ1) is 11.7. The molecule has 1 atom stereocenters. The minimum atomic E-state index is -0.112. The third kappa shape index (κ3) is 2.65. The van der Waals surface area contributed by atoms with Crippen LogP contribution in [0.4, 0.5) is 4.79 Å². The summed E-state index contributed by atoms with van der Waals surface area (Å²) < 4.78 is 10.6. The number of amides is 2. The molecule has 1 saturated carbocycles. The molecule has 92 valence electrons. The van der Waals surface area contributed by atoms with Crippen LogP contribution in [0.1, 0.15) is 25.7 Å². The normalized spacial score (nSPS) is 27.2. The largest absolute Gasteiger partial charge is 0.379 e. The van der Waals surface area contributed by atoms with Crippen molar-refractivity contribution in [3.8, 4) is 0 Å². The van der Waals surface area contributed by atoms with Crippen LogP contribution in [0.15, 0.2) is 0 Å². The number of ether oxygens (including phenoxy) is 2. The van der Waals surface area contributed by atoms with Crippen LogP contribution in [0.2, 0.25) is 0 Å². The van der Waals surface area contributed by atoms with Crippen molar-refractivity contribution in [1.29, 1.82) is 0 Å². The molecular formula is C11H20N2O3. The summed E-state index contributed by atoms with van der Waals surface area (Å²) in [6, 6.07) is 0.0544. The first-order chi connectivity index (χ1) is 7.74. The summed E-state index contributed by atoms with van der Waals surface area (Å²) in [5.41, 5.74) is -0.108. The smallest absolute Gasteiger partial charge is 0.315 e. The molecule has 16 heavy (non-hydrogen) atoms. The second-order valence-corrected chi connectivity index (χ2v) is 4.63. The molecule has 1 unspecified atom stereocenters. The van der Waals surface area contributed by atoms with Crippen LogP contribution in [-0.4, -0.2) is 44.5 Å². The minimum absolute atomic E-state index is 0.108. The molecule has 5 nitrogen and oxygen atoms in total. The first-order valence-electron chi connectivity index (χ1n) is 5.91. The van der Waals surface area contributed by atoms with Crippen LogP contribution >= 0.6 is 0 Å². The van der Waals surface area contributed by atoms with Gasteiger partial charge in [-0.3, -0.25) is 0 Å². The van der Waals surface area contributed by atoms with Crippen molar-refractivity contribution in [3.63, 3.8) is 0 Å². The topological polar surface area (TPSA) is 59.6 Å². The van der Waals surface area contributed by atoms with E-state index in [4.69, 9.17) is 9.47 Å². The van der Waals surface area contributed by atoms with Gasteiger partial charge in [-0.15, -0.1) is 0 Å². The number of hydrogen-bond acceptors (Lipinski definition) is 3. The summed E-state index contributed by atoms with van der Waals surface area (Å²) in [7, 11) is 1.71. The van der Waals surface area contributed by atoms with E-state index >= 15 is 0 Å². The molecule has 1 aliphatic carbocycles. The lowest BCUT2D eigenvalue weighted by atomic mass is 9.80. The maximum atomic E-state index is 11.6. The van der Waals surface area contributed by atoms with Crippen LogP contribution in [0, 0.1) is 0 Å². The third-order valence-electron chi connectivity index (χ3n) is 3.53. The van der Waals surface area contributed by atoms with Gasteiger partial charge in [0.05, 0.1) is 18.2 Å². The van der Waals surface area contributed by atoms with E-state index in [1.165, 1.54) is 6.42 Å². The SMILES string of the molecule is COC1(CNC(=O)NC2CCOC2)CCC1. The Labute approximate surface area is 95.9 Å². The van der Waals surface area contributed by atoms with Gasteiger partial charge in [0, 0.05) is 20.3 Å². The fourth-order valence-electron chi connectivity index (χ4n) is 2.15. The molecule has 5 heteroatoms. The molecule has 1 saturated heterocycles. The summed E-state index contributed by atoms with van der Waals surface area (Å²) in [6.07, 6.45) is 4.17. The first-order valence-corrected chi connectivity index (χ1v) is 5.91. The van der Waals surface area contributed by atoms with Gasteiger partial charge in [0.25, 0.3) is 0 Å². The number of hydrogen-bond donors (Lipinski definition) is 2. The third-order valence-corrected chi connectivity index (χ3v) is 3.53. The molecule has 0 aromatic carbocycles. The van der Waals surface area contributed by atoms with Gasteiger partial charge in [0.1, 0.15) is 0 Å². The van der Waals surface area contributed by atoms with Gasteiger partial charge in [-0.2, -0.15) is 0 Å². The Morgan fingerprint density at radius 1 is 1.56 bits per heavy atom. The molecule has 1 heterocycles. The van der Waals surface area contributed by atoms with Crippen LogP contribution in [0.25, 0.3) is 0 Å². The van der Waals surface area contributed by atoms with Crippen LogP contribution in [-0.2, 0) is 9.47 Å². The highest BCUT2D eigenvalue weighted by Crippen LogP contribution is 2.34. The van der Waals surface area contributed by atoms with E-state index in [0.717, 1.165) is 25.9 Å². The van der Waals surface area contributed by atoms with Gasteiger partial charge in [0.2, 0.25) is 0 Å². The summed E-state index contributed by atoms with van der Waals surface area (Å²) in [5, 5.41) is 5.77. The van der Waals surface area contributed by atoms with Gasteiger partial charge in [-0.05, 0) is 25.7 Å². The zero-order chi connectivity index (χ0) is 11.4. The Bertz CT molecular complexity index is 242. The molecule has 0 spiro atoms. The lowest BCUT2D eigenvalue weighted by molar-refractivity contribution is -0.0674. The molecule has 0 radical (unpaired) electrons. The van der Waals surface area contributed by atoms with Gasteiger partial charge in [-0.25, -0.2) is 4.79 Å². The fourth-order valence-corrected chi connectivity index (χ4v) is 2.15. The molecule has 0 aromatic heterocycles. The van der Waals surface area contributed by atoms with Crippen molar-refractivity contribution in [2.75, 3.05) is 26.9 Å². The minimum Gasteiger partial charge on any atom is -0.379 e. The van der Waals surface area contributed by atoms with Gasteiger partial charge >= 0.3 is 6.03 Å². The van der Waals surface area contributed by atoms with Crippen molar-refractivity contribution >= 4 is 6.03 Å².